The monoisotopic (exact) mass is 612 g/mol. The van der Waals surface area contributed by atoms with Crippen molar-refractivity contribution >= 4 is 69.2 Å². The summed E-state index contributed by atoms with van der Waals surface area (Å²) >= 11 is 0. The molecule has 0 fully saturated rings. The van der Waals surface area contributed by atoms with Gasteiger partial charge in [0.1, 0.15) is 37.3 Å². The molecule has 18 nitrogen and oxygen atoms in total. The van der Waals surface area contributed by atoms with E-state index in [4.69, 9.17) is 26.2 Å². The standard InChI is InChI=1S/C20H32N6O12S2/c1-2-10(19(36)37)25-20(38)26-12(17(33)23-6-15(30)31)8-40-39-7-11(16(32)22-5-14(28)29)24-13(27)4-3-9(21)18(34)35/h9-12H,2-8,21H2,1H3,(H,22,32)(H,23,33)(H,24,27)(H,28,29)(H,30,31)(H,34,35)(H,36,37)(H2,25,26,38). The van der Waals surface area contributed by atoms with Crippen LogP contribution in [0.15, 0.2) is 0 Å². The minimum Gasteiger partial charge on any atom is -0.480 e. The first-order valence-corrected chi connectivity index (χ1v) is 14.0. The minimum atomic E-state index is -1.36. The number of hydrogen-bond donors (Lipinski definition) is 10. The summed E-state index contributed by atoms with van der Waals surface area (Å²) < 4.78 is 0. The maximum atomic E-state index is 12.4. The van der Waals surface area contributed by atoms with E-state index in [0.29, 0.717) is 0 Å². The molecular formula is C20H32N6O12S2. The molecular weight excluding hydrogens is 580 g/mol. The van der Waals surface area contributed by atoms with Crippen LogP contribution in [0.2, 0.25) is 0 Å². The Morgan fingerprint density at radius 3 is 1.55 bits per heavy atom. The van der Waals surface area contributed by atoms with Gasteiger partial charge in [-0.05, 0) is 12.8 Å². The summed E-state index contributed by atoms with van der Waals surface area (Å²) in [6, 6.07) is -6.18. The van der Waals surface area contributed by atoms with Gasteiger partial charge in [0.05, 0.1) is 0 Å². The third kappa shape index (κ3) is 16.2. The van der Waals surface area contributed by atoms with Gasteiger partial charge in [0.15, 0.2) is 0 Å². The van der Waals surface area contributed by atoms with Gasteiger partial charge in [0.25, 0.3) is 0 Å². The van der Waals surface area contributed by atoms with Crippen molar-refractivity contribution in [3.8, 4) is 0 Å². The molecule has 0 aromatic carbocycles. The van der Waals surface area contributed by atoms with Crippen LogP contribution in [0.25, 0.3) is 0 Å². The highest BCUT2D eigenvalue weighted by Crippen LogP contribution is 2.23. The Bertz CT molecular complexity index is 953. The minimum absolute atomic E-state index is 0.0442. The number of rotatable bonds is 20. The van der Waals surface area contributed by atoms with Crippen LogP contribution in [0, 0.1) is 0 Å². The average molecular weight is 613 g/mol. The van der Waals surface area contributed by atoms with Gasteiger partial charge in [-0.2, -0.15) is 0 Å². The molecule has 0 radical (unpaired) electrons. The number of carbonyl (C=O) groups excluding carboxylic acids is 4. The second-order valence-corrected chi connectivity index (χ2v) is 10.4. The average Bonchev–Trinajstić information content (AvgIpc) is 2.87. The number of amides is 5. The molecule has 0 saturated carbocycles. The van der Waals surface area contributed by atoms with Crippen molar-refractivity contribution in [3.63, 3.8) is 0 Å². The molecule has 0 aliphatic heterocycles. The van der Waals surface area contributed by atoms with Crippen molar-refractivity contribution in [2.75, 3.05) is 24.6 Å². The van der Waals surface area contributed by atoms with Crippen LogP contribution in [0.4, 0.5) is 4.79 Å². The fourth-order valence-electron chi connectivity index (χ4n) is 2.54. The van der Waals surface area contributed by atoms with E-state index in [0.717, 1.165) is 21.6 Å². The van der Waals surface area contributed by atoms with E-state index in [2.05, 4.69) is 26.6 Å². The van der Waals surface area contributed by atoms with Crippen LogP contribution in [0.1, 0.15) is 26.2 Å². The van der Waals surface area contributed by atoms with Crippen molar-refractivity contribution in [3.05, 3.63) is 0 Å². The van der Waals surface area contributed by atoms with Gasteiger partial charge in [0, 0.05) is 17.9 Å². The maximum absolute atomic E-state index is 12.4. The first kappa shape index (κ1) is 36.2. The molecule has 0 spiro atoms. The van der Waals surface area contributed by atoms with Gasteiger partial charge >= 0.3 is 29.9 Å². The summed E-state index contributed by atoms with van der Waals surface area (Å²) in [5, 5.41) is 46.4. The Kier molecular flexibility index (Phi) is 17.5. The van der Waals surface area contributed by atoms with Crippen LogP contribution in [-0.2, 0) is 33.6 Å². The number of nitrogens with one attached hydrogen (secondary N) is 5. The Morgan fingerprint density at radius 2 is 1.15 bits per heavy atom. The SMILES string of the molecule is CCC(NC(=O)NC(CSSCC(NC(=O)CCC(N)C(=O)O)C(=O)NCC(=O)O)C(=O)NCC(=O)O)C(=O)O. The van der Waals surface area contributed by atoms with Crippen LogP contribution in [0.3, 0.4) is 0 Å². The first-order valence-electron chi connectivity index (χ1n) is 11.5. The lowest BCUT2D eigenvalue weighted by atomic mass is 10.1. The van der Waals surface area contributed by atoms with Crippen LogP contribution < -0.4 is 32.3 Å². The lowest BCUT2D eigenvalue weighted by molar-refractivity contribution is -0.140. The Labute approximate surface area is 235 Å². The number of urea groups is 1. The lowest BCUT2D eigenvalue weighted by Crippen LogP contribution is -2.54. The number of carboxylic acid groups (broad SMARTS) is 4. The van der Waals surface area contributed by atoms with E-state index in [-0.39, 0.29) is 30.8 Å². The highest BCUT2D eigenvalue weighted by atomic mass is 33.1. The van der Waals surface area contributed by atoms with Crippen molar-refractivity contribution in [1.82, 2.24) is 26.6 Å². The lowest BCUT2D eigenvalue weighted by Gasteiger charge is -2.21. The molecule has 226 valence electrons. The third-order valence-corrected chi connectivity index (χ3v) is 7.09. The maximum Gasteiger partial charge on any atom is 0.326 e. The molecule has 0 saturated heterocycles. The van der Waals surface area contributed by atoms with Gasteiger partial charge in [-0.25, -0.2) is 9.59 Å². The highest BCUT2D eigenvalue weighted by molar-refractivity contribution is 8.76. The molecule has 0 aromatic heterocycles. The van der Waals surface area contributed by atoms with Gasteiger partial charge in [0.2, 0.25) is 17.7 Å². The van der Waals surface area contributed by atoms with Gasteiger partial charge < -0.3 is 52.7 Å². The van der Waals surface area contributed by atoms with Gasteiger partial charge in [-0.3, -0.25) is 28.8 Å². The first-order chi connectivity index (χ1) is 18.7. The number of aliphatic carboxylic acids is 4. The summed E-state index contributed by atoms with van der Waals surface area (Å²) in [5.41, 5.74) is 5.35. The van der Waals surface area contributed by atoms with Gasteiger partial charge in [-0.15, -0.1) is 0 Å². The van der Waals surface area contributed by atoms with Crippen molar-refractivity contribution in [2.45, 2.75) is 50.4 Å². The fourth-order valence-corrected chi connectivity index (χ4v) is 4.87. The Balaban J connectivity index is 5.26. The Morgan fingerprint density at radius 1 is 0.700 bits per heavy atom. The quantitative estimate of drug-likeness (QED) is 0.0483. The number of carboxylic acids is 4. The molecule has 0 bridgehead atoms. The Hall–Kier alpha value is -3.78. The van der Waals surface area contributed by atoms with E-state index in [1.807, 2.05) is 0 Å². The second-order valence-electron chi connectivity index (χ2n) is 7.87. The molecule has 0 aliphatic rings. The predicted octanol–water partition coefficient (Wildman–Crippen LogP) is -3.02. The molecule has 4 unspecified atom stereocenters. The number of hydrogen-bond acceptors (Lipinski definition) is 11. The summed E-state index contributed by atoms with van der Waals surface area (Å²) in [7, 11) is 1.85. The zero-order valence-electron chi connectivity index (χ0n) is 21.2. The highest BCUT2D eigenvalue weighted by Gasteiger charge is 2.26. The molecule has 4 atom stereocenters. The predicted molar refractivity (Wildman–Crippen MR) is 140 cm³/mol. The number of carbonyl (C=O) groups is 8. The molecule has 11 N–H and O–H groups in total. The van der Waals surface area contributed by atoms with E-state index < -0.39 is 84.9 Å². The van der Waals surface area contributed by atoms with Crippen molar-refractivity contribution in [2.24, 2.45) is 5.73 Å². The van der Waals surface area contributed by atoms with Crippen LogP contribution in [-0.4, -0.2) is 117 Å². The van der Waals surface area contributed by atoms with Crippen molar-refractivity contribution in [1.29, 1.82) is 0 Å². The van der Waals surface area contributed by atoms with E-state index in [1.165, 1.54) is 6.92 Å². The topological polar surface area (TPSA) is 304 Å². The van der Waals surface area contributed by atoms with Crippen molar-refractivity contribution < 1.29 is 58.8 Å². The molecule has 40 heavy (non-hydrogen) atoms. The third-order valence-electron chi connectivity index (χ3n) is 4.67. The fraction of sp³-hybridized carbons (Fsp3) is 0.600. The number of nitrogens with two attached hydrogens (primary N) is 1. The molecule has 0 aliphatic carbocycles. The van der Waals surface area contributed by atoms with Crippen LogP contribution in [0.5, 0.6) is 0 Å². The second kappa shape index (κ2) is 19.3. The molecule has 5 amide bonds. The summed E-state index contributed by atoms with van der Waals surface area (Å²) in [6.45, 7) is 0.00430. The molecule has 0 rings (SSSR count). The smallest absolute Gasteiger partial charge is 0.326 e. The van der Waals surface area contributed by atoms with E-state index >= 15 is 0 Å². The zero-order chi connectivity index (χ0) is 30.8. The normalized spacial score (nSPS) is 13.4. The van der Waals surface area contributed by atoms with E-state index in [1.54, 1.807) is 0 Å². The zero-order valence-corrected chi connectivity index (χ0v) is 22.8. The summed E-state index contributed by atoms with van der Waals surface area (Å²) in [4.78, 5) is 92.7. The molecule has 20 heteroatoms. The van der Waals surface area contributed by atoms with Crippen LogP contribution >= 0.6 is 21.6 Å². The summed E-state index contributed by atoms with van der Waals surface area (Å²) in [6.07, 6.45) is -0.523. The van der Waals surface area contributed by atoms with Gasteiger partial charge in [-0.1, -0.05) is 28.5 Å². The summed E-state index contributed by atoms with van der Waals surface area (Å²) in [5.74, 6) is -8.19. The largest absolute Gasteiger partial charge is 0.480 e. The molecule has 0 heterocycles. The van der Waals surface area contributed by atoms with E-state index in [9.17, 15) is 38.4 Å². The molecule has 0 aromatic rings.